The van der Waals surface area contributed by atoms with E-state index in [1.807, 2.05) is 24.4 Å². The summed E-state index contributed by atoms with van der Waals surface area (Å²) in [6, 6.07) is 20.8. The quantitative estimate of drug-likeness (QED) is 0.369. The zero-order valence-corrected chi connectivity index (χ0v) is 19.0. The molecule has 0 spiro atoms. The first kappa shape index (κ1) is 21.0. The molecule has 1 fully saturated rings. The lowest BCUT2D eigenvalue weighted by Crippen LogP contribution is -2.24. The molecule has 0 saturated carbocycles. The second kappa shape index (κ2) is 9.76. The number of hydrogen-bond donors (Lipinski definition) is 1. The van der Waals surface area contributed by atoms with Crippen molar-refractivity contribution in [2.45, 2.75) is 30.7 Å². The van der Waals surface area contributed by atoms with Crippen LogP contribution in [0.4, 0.5) is 5.69 Å². The van der Waals surface area contributed by atoms with Gasteiger partial charge in [0.15, 0.2) is 0 Å². The van der Waals surface area contributed by atoms with Crippen molar-refractivity contribution in [2.75, 3.05) is 30.7 Å². The number of nitrogens with zero attached hydrogens (tertiary/aromatic N) is 3. The highest BCUT2D eigenvalue weighted by atomic mass is 32.2. The number of nitrogens with one attached hydrogen (secondary N) is 1. The lowest BCUT2D eigenvalue weighted by atomic mass is 10.1. The first-order chi connectivity index (χ1) is 15.7. The first-order valence-corrected chi connectivity index (χ1v) is 12.3. The van der Waals surface area contributed by atoms with Gasteiger partial charge in [-0.1, -0.05) is 30.3 Å². The summed E-state index contributed by atoms with van der Waals surface area (Å²) in [6.07, 6.45) is 4.99. The molecule has 4 aromatic rings. The fraction of sp³-hybridized carbons (Fsp3) is 0.308. The van der Waals surface area contributed by atoms with Crippen molar-refractivity contribution >= 4 is 45.0 Å². The lowest BCUT2D eigenvalue weighted by Gasteiger charge is -2.14. The molecule has 0 atom stereocenters. The van der Waals surface area contributed by atoms with Crippen molar-refractivity contribution in [1.29, 1.82) is 0 Å². The van der Waals surface area contributed by atoms with Crippen LogP contribution in [-0.4, -0.2) is 46.0 Å². The zero-order valence-electron chi connectivity index (χ0n) is 18.2. The van der Waals surface area contributed by atoms with Crippen molar-refractivity contribution in [3.05, 3.63) is 66.9 Å². The molecule has 6 heteroatoms. The van der Waals surface area contributed by atoms with Crippen molar-refractivity contribution in [3.63, 3.8) is 0 Å². The smallest absolute Gasteiger partial charge is 0.225 e. The van der Waals surface area contributed by atoms with Crippen LogP contribution in [0.15, 0.2) is 71.8 Å². The second-order valence-corrected chi connectivity index (χ2v) is 9.51. The van der Waals surface area contributed by atoms with Gasteiger partial charge in [0.2, 0.25) is 5.91 Å². The number of rotatable bonds is 8. The van der Waals surface area contributed by atoms with Crippen molar-refractivity contribution in [1.82, 2.24) is 14.7 Å². The number of hydrogen-bond acceptors (Lipinski definition) is 4. The Kier molecular flexibility index (Phi) is 6.41. The molecule has 0 radical (unpaired) electrons. The zero-order chi connectivity index (χ0) is 21.8. The predicted octanol–water partition coefficient (Wildman–Crippen LogP) is 5.41. The van der Waals surface area contributed by atoms with Crippen LogP contribution in [0.1, 0.15) is 19.3 Å². The molecular formula is C26H28N4OS. The van der Waals surface area contributed by atoms with Crippen LogP contribution in [0, 0.1) is 0 Å². The minimum atomic E-state index is 0.0424. The highest BCUT2D eigenvalue weighted by Crippen LogP contribution is 2.25. The summed E-state index contributed by atoms with van der Waals surface area (Å²) < 4.78 is 2.05. The van der Waals surface area contributed by atoms with Gasteiger partial charge >= 0.3 is 0 Å². The summed E-state index contributed by atoms with van der Waals surface area (Å²) in [5.41, 5.74) is 1.91. The Morgan fingerprint density at radius 3 is 2.62 bits per heavy atom. The molecule has 1 aliphatic heterocycles. The summed E-state index contributed by atoms with van der Waals surface area (Å²) in [7, 11) is 0. The van der Waals surface area contributed by atoms with E-state index in [9.17, 15) is 4.79 Å². The summed E-state index contributed by atoms with van der Waals surface area (Å²) >= 11 is 1.72. The van der Waals surface area contributed by atoms with Crippen molar-refractivity contribution in [2.24, 2.45) is 0 Å². The average Bonchev–Trinajstić information content (AvgIpc) is 3.47. The van der Waals surface area contributed by atoms with E-state index in [-0.39, 0.29) is 5.91 Å². The first-order valence-electron chi connectivity index (χ1n) is 11.3. The predicted molar refractivity (Wildman–Crippen MR) is 133 cm³/mol. The fourth-order valence-corrected chi connectivity index (χ4v) is 5.21. The number of carbonyl (C=O) groups excluding carboxylic acids is 1. The van der Waals surface area contributed by atoms with E-state index < -0.39 is 0 Å². The third kappa shape index (κ3) is 4.97. The van der Waals surface area contributed by atoms with E-state index >= 15 is 0 Å². The molecule has 2 heterocycles. The SMILES string of the molecule is O=C(CCSc1ccc2ccccc2c1)Nc1ccc2cnn(CCN3CCCC3)c2c1. The van der Waals surface area contributed by atoms with Gasteiger partial charge in [0, 0.05) is 34.7 Å². The van der Waals surface area contributed by atoms with E-state index in [2.05, 4.69) is 62.5 Å². The molecule has 0 bridgehead atoms. The largest absolute Gasteiger partial charge is 0.326 e. The van der Waals surface area contributed by atoms with Gasteiger partial charge in [0.1, 0.15) is 0 Å². The summed E-state index contributed by atoms with van der Waals surface area (Å²) in [5.74, 6) is 0.793. The molecule has 0 unspecified atom stereocenters. The summed E-state index contributed by atoms with van der Waals surface area (Å²) in [4.78, 5) is 16.2. The molecule has 1 aliphatic rings. The van der Waals surface area contributed by atoms with Crippen LogP contribution >= 0.6 is 11.8 Å². The highest BCUT2D eigenvalue weighted by Gasteiger charge is 2.12. The van der Waals surface area contributed by atoms with Gasteiger partial charge in [0.05, 0.1) is 18.3 Å². The molecular weight excluding hydrogens is 416 g/mol. The Labute approximate surface area is 192 Å². The molecule has 1 amide bonds. The summed E-state index contributed by atoms with van der Waals surface area (Å²) in [5, 5.41) is 11.2. The van der Waals surface area contributed by atoms with Crippen LogP contribution < -0.4 is 5.32 Å². The van der Waals surface area contributed by atoms with Crippen LogP contribution in [0.2, 0.25) is 0 Å². The standard InChI is InChI=1S/C26H28N4OS/c31-26(11-16-32-24-10-8-20-5-1-2-6-21(20)17-24)28-23-9-7-22-19-27-30(25(22)18-23)15-14-29-12-3-4-13-29/h1-2,5-10,17-19H,3-4,11-16H2,(H,28,31). The van der Waals surface area contributed by atoms with Crippen molar-refractivity contribution in [3.8, 4) is 0 Å². The topological polar surface area (TPSA) is 50.2 Å². The van der Waals surface area contributed by atoms with E-state index in [1.54, 1.807) is 11.8 Å². The van der Waals surface area contributed by atoms with Crippen LogP contribution in [0.3, 0.4) is 0 Å². The number of benzene rings is 3. The second-order valence-electron chi connectivity index (χ2n) is 8.35. The Balaban J connectivity index is 1.16. The van der Waals surface area contributed by atoms with Gasteiger partial charge in [0.25, 0.3) is 0 Å². The van der Waals surface area contributed by atoms with Crippen LogP contribution in [0.5, 0.6) is 0 Å². The van der Waals surface area contributed by atoms with Gasteiger partial charge in [-0.2, -0.15) is 5.10 Å². The minimum Gasteiger partial charge on any atom is -0.326 e. The van der Waals surface area contributed by atoms with E-state index in [0.717, 1.165) is 35.4 Å². The highest BCUT2D eigenvalue weighted by molar-refractivity contribution is 7.99. The van der Waals surface area contributed by atoms with E-state index in [1.165, 1.54) is 41.6 Å². The molecule has 5 rings (SSSR count). The molecule has 1 saturated heterocycles. The maximum Gasteiger partial charge on any atom is 0.225 e. The van der Waals surface area contributed by atoms with Gasteiger partial charge < -0.3 is 10.2 Å². The number of carbonyl (C=O) groups is 1. The Hall–Kier alpha value is -2.83. The van der Waals surface area contributed by atoms with Gasteiger partial charge in [-0.25, -0.2) is 0 Å². The van der Waals surface area contributed by atoms with Crippen molar-refractivity contribution < 1.29 is 4.79 Å². The number of fused-ring (bicyclic) bond motifs is 2. The number of likely N-dealkylation sites (tertiary alicyclic amines) is 1. The van der Waals surface area contributed by atoms with Gasteiger partial charge in [-0.15, -0.1) is 11.8 Å². The molecule has 3 aromatic carbocycles. The molecule has 1 aromatic heterocycles. The third-order valence-corrected chi connectivity index (χ3v) is 7.07. The number of thioether (sulfide) groups is 1. The number of aromatic nitrogens is 2. The molecule has 164 valence electrons. The van der Waals surface area contributed by atoms with Crippen LogP contribution in [0.25, 0.3) is 21.7 Å². The third-order valence-electron chi connectivity index (χ3n) is 6.07. The maximum absolute atomic E-state index is 12.5. The van der Waals surface area contributed by atoms with E-state index in [4.69, 9.17) is 0 Å². The molecule has 0 aliphatic carbocycles. The lowest BCUT2D eigenvalue weighted by molar-refractivity contribution is -0.115. The number of amides is 1. The van der Waals surface area contributed by atoms with Crippen LogP contribution in [-0.2, 0) is 11.3 Å². The minimum absolute atomic E-state index is 0.0424. The normalized spacial score (nSPS) is 14.4. The number of anilines is 1. The van der Waals surface area contributed by atoms with E-state index in [0.29, 0.717) is 6.42 Å². The fourth-order valence-electron chi connectivity index (χ4n) is 4.31. The van der Waals surface area contributed by atoms with Gasteiger partial charge in [-0.05, 0) is 67.0 Å². The Bertz CT molecular complexity index is 1230. The van der Waals surface area contributed by atoms with Gasteiger partial charge in [-0.3, -0.25) is 9.48 Å². The molecule has 32 heavy (non-hydrogen) atoms. The average molecular weight is 445 g/mol. The summed E-state index contributed by atoms with van der Waals surface area (Å²) in [6.45, 7) is 4.29. The maximum atomic E-state index is 12.5. The molecule has 5 nitrogen and oxygen atoms in total. The monoisotopic (exact) mass is 444 g/mol. The molecule has 1 N–H and O–H groups in total. The Morgan fingerprint density at radius 2 is 1.75 bits per heavy atom. The Morgan fingerprint density at radius 1 is 0.938 bits per heavy atom.